The summed E-state index contributed by atoms with van der Waals surface area (Å²) in [6, 6.07) is 6.64. The van der Waals surface area contributed by atoms with Gasteiger partial charge in [0.1, 0.15) is 5.82 Å². The summed E-state index contributed by atoms with van der Waals surface area (Å²) in [6.07, 6.45) is 2.37. The Balaban J connectivity index is 1.51. The molecule has 0 amide bonds. The molecule has 2 heterocycles. The first kappa shape index (κ1) is 17.5. The molecule has 2 aliphatic rings. The van der Waals surface area contributed by atoms with Crippen molar-refractivity contribution in [2.75, 3.05) is 45.1 Å². The predicted octanol–water partition coefficient (Wildman–Crippen LogP) is 3.00. The van der Waals surface area contributed by atoms with E-state index in [1.807, 2.05) is 12.1 Å². The number of nitrogens with one attached hydrogen (secondary N) is 1. The van der Waals surface area contributed by atoms with E-state index in [9.17, 15) is 4.39 Å². The van der Waals surface area contributed by atoms with E-state index in [1.165, 1.54) is 25.0 Å². The van der Waals surface area contributed by atoms with E-state index in [0.717, 1.165) is 56.0 Å². The van der Waals surface area contributed by atoms with Gasteiger partial charge in [-0.05, 0) is 44.0 Å². The van der Waals surface area contributed by atoms with Crippen molar-refractivity contribution >= 4 is 17.7 Å². The second-order valence-corrected chi connectivity index (χ2v) is 7.68. The van der Waals surface area contributed by atoms with E-state index in [0.29, 0.717) is 5.41 Å². The molecule has 2 saturated heterocycles. The number of ether oxygens (including phenoxy) is 1. The predicted molar refractivity (Wildman–Crippen MR) is 97.2 cm³/mol. The van der Waals surface area contributed by atoms with E-state index in [2.05, 4.69) is 17.1 Å². The van der Waals surface area contributed by atoms with Crippen LogP contribution >= 0.6 is 11.8 Å². The van der Waals surface area contributed by atoms with Gasteiger partial charge in [-0.2, -0.15) is 0 Å². The van der Waals surface area contributed by atoms with Crippen molar-refractivity contribution in [3.05, 3.63) is 30.1 Å². The zero-order chi connectivity index (χ0) is 16.8. The van der Waals surface area contributed by atoms with Crippen molar-refractivity contribution in [2.24, 2.45) is 10.4 Å². The van der Waals surface area contributed by atoms with E-state index in [4.69, 9.17) is 9.73 Å². The topological polar surface area (TPSA) is 36.9 Å². The van der Waals surface area contributed by atoms with E-state index in [-0.39, 0.29) is 5.82 Å². The minimum atomic E-state index is -0.189. The Morgan fingerprint density at radius 2 is 2.21 bits per heavy atom. The van der Waals surface area contributed by atoms with Crippen LogP contribution in [-0.2, 0) is 4.74 Å². The van der Waals surface area contributed by atoms with Gasteiger partial charge >= 0.3 is 0 Å². The molecule has 1 N–H and O–H groups in total. The van der Waals surface area contributed by atoms with E-state index < -0.39 is 0 Å². The molecule has 2 fully saturated rings. The molecule has 0 radical (unpaired) electrons. The molecule has 4 nitrogen and oxygen atoms in total. The normalized spacial score (nSPS) is 24.1. The van der Waals surface area contributed by atoms with Gasteiger partial charge in [0.15, 0.2) is 5.96 Å². The number of thioether (sulfide) groups is 1. The summed E-state index contributed by atoms with van der Waals surface area (Å²) in [5, 5.41) is 3.41. The number of likely N-dealkylation sites (tertiary alicyclic amines) is 1. The van der Waals surface area contributed by atoms with Crippen LogP contribution in [0.1, 0.15) is 19.8 Å². The third kappa shape index (κ3) is 4.42. The fourth-order valence-corrected chi connectivity index (χ4v) is 4.11. The molecule has 1 aromatic rings. The van der Waals surface area contributed by atoms with Crippen LogP contribution in [0, 0.1) is 11.2 Å². The largest absolute Gasteiger partial charge is 0.381 e. The first-order valence-corrected chi connectivity index (χ1v) is 9.69. The highest BCUT2D eigenvalue weighted by Crippen LogP contribution is 2.38. The van der Waals surface area contributed by atoms with E-state index in [1.54, 1.807) is 11.8 Å². The summed E-state index contributed by atoms with van der Waals surface area (Å²) in [5.74, 6) is 1.72. The van der Waals surface area contributed by atoms with Gasteiger partial charge in [0.2, 0.25) is 0 Å². The summed E-state index contributed by atoms with van der Waals surface area (Å²) < 4.78 is 18.5. The number of nitrogens with zero attached hydrogens (tertiary/aromatic N) is 2. The van der Waals surface area contributed by atoms with Crippen LogP contribution in [0.25, 0.3) is 0 Å². The molecule has 0 aliphatic carbocycles. The second-order valence-electron chi connectivity index (χ2n) is 6.51. The van der Waals surface area contributed by atoms with Gasteiger partial charge < -0.3 is 15.0 Å². The molecule has 24 heavy (non-hydrogen) atoms. The summed E-state index contributed by atoms with van der Waals surface area (Å²) in [5.41, 5.74) is 0.346. The van der Waals surface area contributed by atoms with Crippen LogP contribution in [0.4, 0.5) is 4.39 Å². The number of hydrogen-bond acceptors (Lipinski definition) is 3. The Bertz CT molecular complexity index is 558. The lowest BCUT2D eigenvalue weighted by molar-refractivity contribution is 0.156. The Hall–Kier alpha value is -1.27. The first-order chi connectivity index (χ1) is 11.7. The fraction of sp³-hybridized carbons (Fsp3) is 0.611. The van der Waals surface area contributed by atoms with Crippen molar-refractivity contribution in [3.63, 3.8) is 0 Å². The maximum Gasteiger partial charge on any atom is 0.193 e. The van der Waals surface area contributed by atoms with Crippen LogP contribution in [0.3, 0.4) is 0 Å². The van der Waals surface area contributed by atoms with Gasteiger partial charge in [-0.25, -0.2) is 4.39 Å². The van der Waals surface area contributed by atoms with Crippen molar-refractivity contribution in [3.8, 4) is 0 Å². The van der Waals surface area contributed by atoms with E-state index >= 15 is 0 Å². The molecular formula is C18H26FN3OS. The summed E-state index contributed by atoms with van der Waals surface area (Å²) in [6.45, 7) is 7.63. The Labute approximate surface area is 147 Å². The van der Waals surface area contributed by atoms with Gasteiger partial charge in [0.25, 0.3) is 0 Å². The monoisotopic (exact) mass is 351 g/mol. The fourth-order valence-electron chi connectivity index (χ4n) is 3.36. The van der Waals surface area contributed by atoms with Crippen LogP contribution in [0.2, 0.25) is 0 Å². The van der Waals surface area contributed by atoms with Gasteiger partial charge in [-0.15, -0.1) is 11.8 Å². The van der Waals surface area contributed by atoms with Gasteiger partial charge in [-0.1, -0.05) is 0 Å². The lowest BCUT2D eigenvalue weighted by Crippen LogP contribution is -2.41. The number of guanidine groups is 1. The number of aliphatic imine (C=N–C) groups is 1. The van der Waals surface area contributed by atoms with Crippen LogP contribution in [-0.4, -0.2) is 56.0 Å². The standard InChI is InChI=1S/C18H26FN3OS/c1-2-20-17(22-10-7-18(13-22)8-11-23-14-18)21-9-12-24-16-5-3-15(19)4-6-16/h3-6H,2,7-14H2,1H3,(H,20,21). The first-order valence-electron chi connectivity index (χ1n) is 8.70. The highest BCUT2D eigenvalue weighted by molar-refractivity contribution is 7.99. The molecule has 0 saturated carbocycles. The maximum absolute atomic E-state index is 12.9. The minimum absolute atomic E-state index is 0.189. The average molecular weight is 351 g/mol. The molecule has 0 bridgehead atoms. The molecule has 1 spiro atoms. The summed E-state index contributed by atoms with van der Waals surface area (Å²) >= 11 is 1.71. The minimum Gasteiger partial charge on any atom is -0.381 e. The van der Waals surface area contributed by atoms with Crippen molar-refractivity contribution < 1.29 is 9.13 Å². The molecule has 3 rings (SSSR count). The number of hydrogen-bond donors (Lipinski definition) is 1. The van der Waals surface area contributed by atoms with Gasteiger partial charge in [-0.3, -0.25) is 4.99 Å². The maximum atomic E-state index is 12.9. The zero-order valence-electron chi connectivity index (χ0n) is 14.3. The zero-order valence-corrected chi connectivity index (χ0v) is 15.1. The molecular weight excluding hydrogens is 325 g/mol. The summed E-state index contributed by atoms with van der Waals surface area (Å²) in [4.78, 5) is 8.24. The quantitative estimate of drug-likeness (QED) is 0.383. The Morgan fingerprint density at radius 1 is 1.38 bits per heavy atom. The molecule has 2 aliphatic heterocycles. The second kappa shape index (κ2) is 8.21. The third-order valence-electron chi connectivity index (χ3n) is 4.69. The number of halogens is 1. The molecule has 6 heteroatoms. The molecule has 1 aromatic carbocycles. The Kier molecular flexibility index (Phi) is 6.00. The van der Waals surface area contributed by atoms with Crippen LogP contribution in [0.15, 0.2) is 34.2 Å². The molecule has 1 atom stereocenters. The molecule has 1 unspecified atom stereocenters. The summed E-state index contributed by atoms with van der Waals surface area (Å²) in [7, 11) is 0. The van der Waals surface area contributed by atoms with Crippen LogP contribution < -0.4 is 5.32 Å². The highest BCUT2D eigenvalue weighted by Gasteiger charge is 2.42. The van der Waals surface area contributed by atoms with Crippen LogP contribution in [0.5, 0.6) is 0 Å². The third-order valence-corrected chi connectivity index (χ3v) is 5.69. The van der Waals surface area contributed by atoms with Gasteiger partial charge in [0.05, 0.1) is 13.2 Å². The van der Waals surface area contributed by atoms with Gasteiger partial charge in [0, 0.05) is 42.3 Å². The highest BCUT2D eigenvalue weighted by atomic mass is 32.2. The van der Waals surface area contributed by atoms with Crippen molar-refractivity contribution in [1.82, 2.24) is 10.2 Å². The van der Waals surface area contributed by atoms with Crippen molar-refractivity contribution in [2.45, 2.75) is 24.7 Å². The average Bonchev–Trinajstić information content (AvgIpc) is 3.22. The lowest BCUT2D eigenvalue weighted by atomic mass is 9.87. The molecule has 132 valence electrons. The number of rotatable bonds is 5. The number of benzene rings is 1. The lowest BCUT2D eigenvalue weighted by Gasteiger charge is -2.24. The van der Waals surface area contributed by atoms with Crippen molar-refractivity contribution in [1.29, 1.82) is 0 Å². The SMILES string of the molecule is CCNC(=NCCSc1ccc(F)cc1)N1CCC2(CCOC2)C1. The Morgan fingerprint density at radius 3 is 2.92 bits per heavy atom. The molecule has 0 aromatic heterocycles. The smallest absolute Gasteiger partial charge is 0.193 e.